The predicted octanol–water partition coefficient (Wildman–Crippen LogP) is 5.12. The van der Waals surface area contributed by atoms with Crippen LogP contribution in [-0.4, -0.2) is 16.2 Å². The Morgan fingerprint density at radius 1 is 1.22 bits per heavy atom. The van der Waals surface area contributed by atoms with E-state index >= 15 is 0 Å². The van der Waals surface area contributed by atoms with Crippen molar-refractivity contribution in [2.75, 3.05) is 11.6 Å². The molecule has 7 heteroatoms. The van der Waals surface area contributed by atoms with E-state index in [1.165, 1.54) is 11.8 Å². The Kier molecular flexibility index (Phi) is 4.89. The molecule has 0 spiro atoms. The van der Waals surface area contributed by atoms with Crippen molar-refractivity contribution in [2.45, 2.75) is 5.16 Å². The van der Waals surface area contributed by atoms with Crippen LogP contribution in [0.5, 0.6) is 0 Å². The van der Waals surface area contributed by atoms with E-state index in [2.05, 4.69) is 47.1 Å². The van der Waals surface area contributed by atoms with Crippen LogP contribution >= 0.6 is 55.2 Å². The van der Waals surface area contributed by atoms with Crippen molar-refractivity contribution < 1.29 is 0 Å². The summed E-state index contributed by atoms with van der Waals surface area (Å²) in [5, 5.41) is 4.26. The van der Waals surface area contributed by atoms with Crippen molar-refractivity contribution in [3.8, 4) is 0 Å². The average Bonchev–Trinajstić information content (AvgIpc) is 2.33. The van der Waals surface area contributed by atoms with Gasteiger partial charge in [-0.15, -0.1) is 0 Å². The van der Waals surface area contributed by atoms with Gasteiger partial charge in [0.2, 0.25) is 0 Å². The molecule has 3 nitrogen and oxygen atoms in total. The average molecular weight is 410 g/mol. The number of rotatable bonds is 3. The fraction of sp³-hybridized carbons (Fsp3) is 0.0909. The summed E-state index contributed by atoms with van der Waals surface area (Å²) < 4.78 is 1.93. The second-order valence-corrected chi connectivity index (χ2v) is 6.24. The van der Waals surface area contributed by atoms with Gasteiger partial charge in [-0.2, -0.15) is 0 Å². The number of aromatic nitrogens is 2. The maximum absolute atomic E-state index is 5.94. The number of hydrogen-bond donors (Lipinski definition) is 1. The summed E-state index contributed by atoms with van der Waals surface area (Å²) in [5.74, 6) is 0.665. The number of thioether (sulfide) groups is 1. The molecular weight excluding hydrogens is 401 g/mol. The molecule has 0 aliphatic rings. The van der Waals surface area contributed by atoms with Gasteiger partial charge >= 0.3 is 0 Å². The van der Waals surface area contributed by atoms with E-state index < -0.39 is 0 Å². The maximum atomic E-state index is 5.94. The summed E-state index contributed by atoms with van der Waals surface area (Å²) in [6.07, 6.45) is 1.91. The third kappa shape index (κ3) is 3.60. The van der Waals surface area contributed by atoms with E-state index in [1.807, 2.05) is 24.5 Å². The minimum absolute atomic E-state index is 0.419. The predicted molar refractivity (Wildman–Crippen MR) is 83.9 cm³/mol. The van der Waals surface area contributed by atoms with Crippen LogP contribution < -0.4 is 5.32 Å². The Morgan fingerprint density at radius 2 is 2.00 bits per heavy atom. The van der Waals surface area contributed by atoms with E-state index in [9.17, 15) is 0 Å². The third-order valence-corrected chi connectivity index (χ3v) is 3.97. The lowest BCUT2D eigenvalue weighted by Gasteiger charge is -2.09. The minimum atomic E-state index is 0.419. The number of anilines is 2. The molecule has 0 amide bonds. The lowest BCUT2D eigenvalue weighted by Crippen LogP contribution is -1.97. The van der Waals surface area contributed by atoms with Gasteiger partial charge < -0.3 is 5.32 Å². The number of hydrogen-bond acceptors (Lipinski definition) is 4. The topological polar surface area (TPSA) is 37.8 Å². The smallest absolute Gasteiger partial charge is 0.190 e. The largest absolute Gasteiger partial charge is 0.339 e. The molecule has 1 aromatic carbocycles. The standard InChI is InChI=1S/C11H8Br2ClN3S/c1-18-11-16-9(14)5-10(17-11)15-8-4-6(12)2-3-7(8)13/h2-5H,1H3,(H,15,16,17). The zero-order valence-corrected chi connectivity index (χ0v) is 14.0. The normalized spacial score (nSPS) is 10.4. The summed E-state index contributed by atoms with van der Waals surface area (Å²) in [5.41, 5.74) is 0.909. The van der Waals surface area contributed by atoms with Crippen molar-refractivity contribution in [3.05, 3.63) is 38.4 Å². The highest BCUT2D eigenvalue weighted by Crippen LogP contribution is 2.29. The summed E-state index contributed by atoms with van der Waals surface area (Å²) >= 11 is 14.3. The van der Waals surface area contributed by atoms with Crippen LogP contribution in [-0.2, 0) is 0 Å². The van der Waals surface area contributed by atoms with Gasteiger partial charge in [0.15, 0.2) is 5.16 Å². The molecule has 0 saturated heterocycles. The number of halogens is 3. The van der Waals surface area contributed by atoms with Gasteiger partial charge in [0.1, 0.15) is 11.0 Å². The van der Waals surface area contributed by atoms with Crippen LogP contribution in [0.1, 0.15) is 0 Å². The lowest BCUT2D eigenvalue weighted by molar-refractivity contribution is 0.976. The molecule has 0 fully saturated rings. The molecule has 0 unspecified atom stereocenters. The van der Waals surface area contributed by atoms with Crippen LogP contribution in [0, 0.1) is 0 Å². The van der Waals surface area contributed by atoms with Gasteiger partial charge in [-0.3, -0.25) is 0 Å². The van der Waals surface area contributed by atoms with Crippen LogP contribution in [0.15, 0.2) is 38.4 Å². The van der Waals surface area contributed by atoms with Crippen LogP contribution in [0.25, 0.3) is 0 Å². The first-order valence-electron chi connectivity index (χ1n) is 4.89. The Morgan fingerprint density at radius 3 is 2.72 bits per heavy atom. The van der Waals surface area contributed by atoms with Crippen molar-refractivity contribution in [1.82, 2.24) is 9.97 Å². The summed E-state index contributed by atoms with van der Waals surface area (Å²) in [6.45, 7) is 0. The van der Waals surface area contributed by atoms with E-state index in [4.69, 9.17) is 11.6 Å². The third-order valence-electron chi connectivity index (χ3n) is 2.05. The zero-order valence-electron chi connectivity index (χ0n) is 9.25. The quantitative estimate of drug-likeness (QED) is 0.434. The molecule has 0 bridgehead atoms. The second kappa shape index (κ2) is 6.23. The van der Waals surface area contributed by atoms with Crippen LogP contribution in [0.3, 0.4) is 0 Å². The molecule has 0 radical (unpaired) electrons. The van der Waals surface area contributed by atoms with E-state index in [0.29, 0.717) is 16.1 Å². The Balaban J connectivity index is 2.33. The molecule has 0 saturated carbocycles. The maximum Gasteiger partial charge on any atom is 0.190 e. The van der Waals surface area contributed by atoms with E-state index in [1.54, 1.807) is 6.07 Å². The molecule has 2 rings (SSSR count). The molecule has 0 aliphatic carbocycles. The molecule has 2 aromatic rings. The van der Waals surface area contributed by atoms with Crippen molar-refractivity contribution in [2.24, 2.45) is 0 Å². The van der Waals surface area contributed by atoms with Crippen molar-refractivity contribution in [1.29, 1.82) is 0 Å². The molecule has 1 N–H and O–H groups in total. The summed E-state index contributed by atoms with van der Waals surface area (Å²) in [7, 11) is 0. The fourth-order valence-electron chi connectivity index (χ4n) is 1.28. The van der Waals surface area contributed by atoms with Gasteiger partial charge in [0.25, 0.3) is 0 Å². The highest BCUT2D eigenvalue weighted by Gasteiger charge is 2.05. The fourth-order valence-corrected chi connectivity index (χ4v) is 2.60. The first kappa shape index (κ1) is 14.1. The summed E-state index contributed by atoms with van der Waals surface area (Å²) in [4.78, 5) is 8.43. The number of benzene rings is 1. The molecule has 94 valence electrons. The number of nitrogens with zero attached hydrogens (tertiary/aromatic N) is 2. The molecule has 0 aliphatic heterocycles. The Labute approximate surface area is 131 Å². The van der Waals surface area contributed by atoms with Gasteiger partial charge in [-0.1, -0.05) is 39.3 Å². The highest BCUT2D eigenvalue weighted by molar-refractivity contribution is 9.11. The molecule has 0 atom stereocenters. The van der Waals surface area contributed by atoms with Crippen molar-refractivity contribution >= 4 is 66.7 Å². The zero-order chi connectivity index (χ0) is 13.1. The first-order valence-corrected chi connectivity index (χ1v) is 8.08. The second-order valence-electron chi connectivity index (χ2n) is 3.31. The Hall–Kier alpha value is -0.300. The SMILES string of the molecule is CSc1nc(Cl)cc(Nc2cc(Br)ccc2Br)n1. The van der Waals surface area contributed by atoms with Crippen LogP contribution in [0.4, 0.5) is 11.5 Å². The van der Waals surface area contributed by atoms with Gasteiger partial charge in [0, 0.05) is 15.0 Å². The molecule has 1 aromatic heterocycles. The highest BCUT2D eigenvalue weighted by atomic mass is 79.9. The van der Waals surface area contributed by atoms with Gasteiger partial charge in [0.05, 0.1) is 5.69 Å². The molecule has 1 heterocycles. The first-order chi connectivity index (χ1) is 8.58. The monoisotopic (exact) mass is 407 g/mol. The molecular formula is C11H8Br2ClN3S. The Bertz CT molecular complexity index is 580. The van der Waals surface area contributed by atoms with E-state index in [0.717, 1.165) is 14.6 Å². The van der Waals surface area contributed by atoms with Crippen molar-refractivity contribution in [3.63, 3.8) is 0 Å². The van der Waals surface area contributed by atoms with Crippen LogP contribution in [0.2, 0.25) is 5.15 Å². The minimum Gasteiger partial charge on any atom is -0.339 e. The van der Waals surface area contributed by atoms with E-state index in [-0.39, 0.29) is 0 Å². The molecule has 18 heavy (non-hydrogen) atoms. The lowest BCUT2D eigenvalue weighted by atomic mass is 10.3. The van der Waals surface area contributed by atoms with Gasteiger partial charge in [-0.25, -0.2) is 9.97 Å². The number of nitrogens with one attached hydrogen (secondary N) is 1. The van der Waals surface area contributed by atoms with Gasteiger partial charge in [-0.05, 0) is 40.4 Å². The summed E-state index contributed by atoms with van der Waals surface area (Å²) in [6, 6.07) is 7.55.